The van der Waals surface area contributed by atoms with Gasteiger partial charge in [0.25, 0.3) is 0 Å². The molecule has 0 unspecified atom stereocenters. The maximum Gasteiger partial charge on any atom is 0.240 e. The molecule has 1 aliphatic carbocycles. The summed E-state index contributed by atoms with van der Waals surface area (Å²) >= 11 is 0. The highest BCUT2D eigenvalue weighted by molar-refractivity contribution is 5.87. The fourth-order valence-electron chi connectivity index (χ4n) is 3.04. The van der Waals surface area contributed by atoms with E-state index >= 15 is 0 Å². The molecule has 112 valence electrons. The molecular weight excluding hydrogens is 274 g/mol. The van der Waals surface area contributed by atoms with Gasteiger partial charge in [-0.1, -0.05) is 30.3 Å². The van der Waals surface area contributed by atoms with Crippen molar-refractivity contribution in [3.63, 3.8) is 0 Å². The summed E-state index contributed by atoms with van der Waals surface area (Å²) in [5.41, 5.74) is 0.258. The highest BCUT2D eigenvalue weighted by Crippen LogP contribution is 2.28. The van der Waals surface area contributed by atoms with Gasteiger partial charge in [0.1, 0.15) is 5.54 Å². The Balaban J connectivity index is 1.61. The highest BCUT2D eigenvalue weighted by atomic mass is 16.2. The fourth-order valence-corrected chi connectivity index (χ4v) is 3.04. The quantitative estimate of drug-likeness (QED) is 0.909. The van der Waals surface area contributed by atoms with Gasteiger partial charge < -0.3 is 10.6 Å². The molecule has 3 rings (SSSR count). The van der Waals surface area contributed by atoms with Gasteiger partial charge in [-0.05, 0) is 48.6 Å². The summed E-state index contributed by atoms with van der Waals surface area (Å²) in [6.45, 7) is 0.182. The second-order valence-electron chi connectivity index (χ2n) is 5.86. The van der Waals surface area contributed by atoms with Crippen molar-refractivity contribution >= 4 is 22.4 Å². The van der Waals surface area contributed by atoms with Gasteiger partial charge in [-0.25, -0.2) is 0 Å². The van der Waals surface area contributed by atoms with Crippen LogP contribution in [0.15, 0.2) is 42.5 Å². The Morgan fingerprint density at radius 1 is 1.14 bits per heavy atom. The number of anilines is 1. The molecule has 22 heavy (non-hydrogen) atoms. The zero-order valence-corrected chi connectivity index (χ0v) is 12.4. The number of nitrogens with one attached hydrogen (secondary N) is 2. The van der Waals surface area contributed by atoms with Gasteiger partial charge in [-0.3, -0.25) is 4.79 Å². The average molecular weight is 293 g/mol. The van der Waals surface area contributed by atoms with Crippen LogP contribution in [0.3, 0.4) is 0 Å². The van der Waals surface area contributed by atoms with Gasteiger partial charge in [0.2, 0.25) is 5.91 Å². The second-order valence-corrected chi connectivity index (χ2v) is 5.86. The molecule has 1 amide bonds. The smallest absolute Gasteiger partial charge is 0.240 e. The van der Waals surface area contributed by atoms with Crippen LogP contribution in [0.4, 0.5) is 5.69 Å². The van der Waals surface area contributed by atoms with Gasteiger partial charge in [-0.2, -0.15) is 5.26 Å². The zero-order valence-electron chi connectivity index (χ0n) is 12.4. The molecule has 2 aromatic rings. The summed E-state index contributed by atoms with van der Waals surface area (Å²) in [5, 5.41) is 17.6. The van der Waals surface area contributed by atoms with Crippen LogP contribution < -0.4 is 10.6 Å². The lowest BCUT2D eigenvalue weighted by atomic mass is 10.00. The van der Waals surface area contributed by atoms with E-state index in [0.717, 1.165) is 36.8 Å². The molecule has 4 nitrogen and oxygen atoms in total. The van der Waals surface area contributed by atoms with E-state index in [4.69, 9.17) is 0 Å². The minimum atomic E-state index is -0.651. The highest BCUT2D eigenvalue weighted by Gasteiger charge is 2.35. The van der Waals surface area contributed by atoms with Crippen LogP contribution in [-0.2, 0) is 4.79 Å². The van der Waals surface area contributed by atoms with Crippen LogP contribution in [-0.4, -0.2) is 18.0 Å². The molecule has 0 bridgehead atoms. The average Bonchev–Trinajstić information content (AvgIpc) is 3.02. The molecule has 4 heteroatoms. The van der Waals surface area contributed by atoms with Gasteiger partial charge >= 0.3 is 0 Å². The van der Waals surface area contributed by atoms with E-state index in [1.165, 1.54) is 5.39 Å². The summed E-state index contributed by atoms with van der Waals surface area (Å²) in [6.07, 6.45) is 3.52. The predicted molar refractivity (Wildman–Crippen MR) is 87.4 cm³/mol. The third-order valence-electron chi connectivity index (χ3n) is 4.25. The van der Waals surface area contributed by atoms with E-state index in [0.29, 0.717) is 0 Å². The molecule has 0 saturated heterocycles. The van der Waals surface area contributed by atoms with Gasteiger partial charge in [-0.15, -0.1) is 0 Å². The minimum absolute atomic E-state index is 0.128. The van der Waals surface area contributed by atoms with Crippen molar-refractivity contribution in [2.75, 3.05) is 11.9 Å². The van der Waals surface area contributed by atoms with E-state index in [-0.39, 0.29) is 12.5 Å². The number of amides is 1. The standard InChI is InChI=1S/C18H19N3O/c19-13-18(9-3-4-10-18)21-17(22)12-20-16-8-7-14-5-1-2-6-15(14)11-16/h1-2,5-8,11,20H,3-4,9-10,12H2,(H,21,22). The second kappa shape index (κ2) is 6.07. The molecule has 1 aliphatic rings. The van der Waals surface area contributed by atoms with E-state index < -0.39 is 5.54 Å². The number of hydrogen-bond acceptors (Lipinski definition) is 3. The lowest BCUT2D eigenvalue weighted by Crippen LogP contribution is -2.47. The molecule has 0 radical (unpaired) electrons. The van der Waals surface area contributed by atoms with Crippen LogP contribution in [0, 0.1) is 11.3 Å². The van der Waals surface area contributed by atoms with Crippen molar-refractivity contribution in [1.82, 2.24) is 5.32 Å². The lowest BCUT2D eigenvalue weighted by Gasteiger charge is -2.22. The number of carbonyl (C=O) groups excluding carboxylic acids is 1. The van der Waals surface area contributed by atoms with Crippen molar-refractivity contribution in [3.05, 3.63) is 42.5 Å². The van der Waals surface area contributed by atoms with Crippen molar-refractivity contribution in [2.24, 2.45) is 0 Å². The van der Waals surface area contributed by atoms with Crippen molar-refractivity contribution in [3.8, 4) is 6.07 Å². The molecule has 2 N–H and O–H groups in total. The first-order valence-electron chi connectivity index (χ1n) is 7.66. The molecule has 2 aromatic carbocycles. The van der Waals surface area contributed by atoms with Crippen molar-refractivity contribution < 1.29 is 4.79 Å². The molecule has 0 aromatic heterocycles. The normalized spacial score (nSPS) is 16.1. The first kappa shape index (κ1) is 14.4. The topological polar surface area (TPSA) is 64.9 Å². The summed E-state index contributed by atoms with van der Waals surface area (Å²) < 4.78 is 0. The monoisotopic (exact) mass is 293 g/mol. The number of rotatable bonds is 4. The summed E-state index contributed by atoms with van der Waals surface area (Å²) in [4.78, 5) is 12.1. The Morgan fingerprint density at radius 2 is 1.86 bits per heavy atom. The molecule has 0 heterocycles. The Hall–Kier alpha value is -2.54. The van der Waals surface area contributed by atoms with E-state index in [1.807, 2.05) is 36.4 Å². The molecule has 0 aliphatic heterocycles. The fraction of sp³-hybridized carbons (Fsp3) is 0.333. The minimum Gasteiger partial charge on any atom is -0.376 e. The first-order chi connectivity index (χ1) is 10.7. The Kier molecular flexibility index (Phi) is 3.97. The number of nitriles is 1. The van der Waals surface area contributed by atoms with Crippen LogP contribution in [0.5, 0.6) is 0 Å². The molecule has 0 atom stereocenters. The van der Waals surface area contributed by atoms with Crippen LogP contribution in [0.1, 0.15) is 25.7 Å². The SMILES string of the molecule is N#CC1(NC(=O)CNc2ccc3ccccc3c2)CCCC1. The van der Waals surface area contributed by atoms with Gasteiger partial charge in [0.05, 0.1) is 12.6 Å². The summed E-state index contributed by atoms with van der Waals surface area (Å²) in [5.74, 6) is -0.128. The Morgan fingerprint density at radius 3 is 2.59 bits per heavy atom. The summed E-state index contributed by atoms with van der Waals surface area (Å²) in [7, 11) is 0. The van der Waals surface area contributed by atoms with Crippen molar-refractivity contribution in [2.45, 2.75) is 31.2 Å². The predicted octanol–water partition coefficient (Wildman–Crippen LogP) is 3.20. The number of fused-ring (bicyclic) bond motifs is 1. The third kappa shape index (κ3) is 3.04. The Bertz CT molecular complexity index is 726. The lowest BCUT2D eigenvalue weighted by molar-refractivity contribution is -0.120. The van der Waals surface area contributed by atoms with Gasteiger partial charge in [0.15, 0.2) is 0 Å². The first-order valence-corrected chi connectivity index (χ1v) is 7.66. The largest absolute Gasteiger partial charge is 0.376 e. The van der Waals surface area contributed by atoms with E-state index in [1.54, 1.807) is 0 Å². The maximum atomic E-state index is 12.1. The Labute approximate surface area is 130 Å². The van der Waals surface area contributed by atoms with E-state index in [9.17, 15) is 10.1 Å². The van der Waals surface area contributed by atoms with Crippen LogP contribution >= 0.6 is 0 Å². The number of carbonyl (C=O) groups is 1. The molecular formula is C18H19N3O. The zero-order chi connectivity index (χ0) is 15.4. The maximum absolute atomic E-state index is 12.1. The number of hydrogen-bond donors (Lipinski definition) is 2. The molecule has 1 fully saturated rings. The van der Waals surface area contributed by atoms with Crippen LogP contribution in [0.2, 0.25) is 0 Å². The van der Waals surface area contributed by atoms with E-state index in [2.05, 4.69) is 22.8 Å². The number of nitrogens with zero attached hydrogens (tertiary/aromatic N) is 1. The van der Waals surface area contributed by atoms with Crippen LogP contribution in [0.25, 0.3) is 10.8 Å². The number of benzene rings is 2. The third-order valence-corrected chi connectivity index (χ3v) is 4.25. The van der Waals surface area contributed by atoms with Gasteiger partial charge in [0, 0.05) is 5.69 Å². The molecule has 1 saturated carbocycles. The van der Waals surface area contributed by atoms with Crippen molar-refractivity contribution in [1.29, 1.82) is 5.26 Å². The summed E-state index contributed by atoms with van der Waals surface area (Å²) in [6, 6.07) is 16.4. The molecule has 0 spiro atoms.